The van der Waals surface area contributed by atoms with Crippen LogP contribution in [0.25, 0.3) is 33.4 Å². The topological polar surface area (TPSA) is 0 Å². The van der Waals surface area contributed by atoms with Crippen molar-refractivity contribution >= 4 is 0 Å². The maximum absolute atomic E-state index is 2.55. The Labute approximate surface area is 237 Å². The lowest BCUT2D eigenvalue weighted by Gasteiger charge is -2.32. The standard InChI is InChI=1S/C39H46/c1-5-9-13-29-15-11-17-31(25-29)33-19-21-35-36-22-20-34(32-18-12-16-30(26-32)14-10-6-2)28-38(36)39(23-7-3,24-8-4)37(35)27-33/h11-12,15-22,25-28H,5-10,13-14,23-24H2,1-4H3. The van der Waals surface area contributed by atoms with Crippen LogP contribution in [0.2, 0.25) is 0 Å². The Bertz CT molecular complexity index is 1300. The van der Waals surface area contributed by atoms with E-state index in [4.69, 9.17) is 0 Å². The zero-order valence-electron chi connectivity index (χ0n) is 24.7. The van der Waals surface area contributed by atoms with Crippen molar-refractivity contribution in [1.82, 2.24) is 0 Å². The van der Waals surface area contributed by atoms with E-state index in [0.717, 1.165) is 0 Å². The monoisotopic (exact) mass is 514 g/mol. The maximum Gasteiger partial charge on any atom is 0.0215 e. The Kier molecular flexibility index (Phi) is 8.71. The van der Waals surface area contributed by atoms with E-state index in [1.54, 1.807) is 11.1 Å². The summed E-state index contributed by atoms with van der Waals surface area (Å²) in [4.78, 5) is 0. The van der Waals surface area contributed by atoms with Crippen LogP contribution >= 0.6 is 0 Å². The van der Waals surface area contributed by atoms with E-state index in [-0.39, 0.29) is 5.41 Å². The molecule has 0 aliphatic heterocycles. The van der Waals surface area contributed by atoms with Crippen LogP contribution in [0.3, 0.4) is 0 Å². The zero-order chi connectivity index (χ0) is 27.2. The third-order valence-corrected chi connectivity index (χ3v) is 8.87. The minimum atomic E-state index is 0.0832. The molecule has 0 unspecified atom stereocenters. The molecule has 0 nitrogen and oxygen atoms in total. The van der Waals surface area contributed by atoms with Crippen molar-refractivity contribution in [1.29, 1.82) is 0 Å². The predicted octanol–water partition coefficient (Wildman–Crippen LogP) is 11.6. The number of aryl methyl sites for hydroxylation is 2. The second-order valence-electron chi connectivity index (χ2n) is 11.7. The minimum Gasteiger partial charge on any atom is -0.0654 e. The summed E-state index contributed by atoms with van der Waals surface area (Å²) in [6, 6.07) is 33.2. The molecule has 1 aliphatic rings. The van der Waals surface area contributed by atoms with Crippen LogP contribution in [-0.4, -0.2) is 0 Å². The number of rotatable bonds is 12. The smallest absolute Gasteiger partial charge is 0.0215 e. The molecule has 0 spiro atoms. The Morgan fingerprint density at radius 2 is 0.897 bits per heavy atom. The van der Waals surface area contributed by atoms with E-state index >= 15 is 0 Å². The normalized spacial score (nSPS) is 13.3. The molecule has 0 radical (unpaired) electrons. The predicted molar refractivity (Wildman–Crippen MR) is 171 cm³/mol. The molecule has 0 bridgehead atoms. The Balaban J connectivity index is 1.60. The second kappa shape index (κ2) is 12.4. The lowest BCUT2D eigenvalue weighted by atomic mass is 9.71. The van der Waals surface area contributed by atoms with Gasteiger partial charge in [-0.15, -0.1) is 0 Å². The van der Waals surface area contributed by atoms with Crippen LogP contribution in [0.15, 0.2) is 84.9 Å². The fourth-order valence-electron chi connectivity index (χ4n) is 6.95. The summed E-state index contributed by atoms with van der Waals surface area (Å²) >= 11 is 0. The molecule has 0 heterocycles. The van der Waals surface area contributed by atoms with Crippen LogP contribution in [0, 0.1) is 0 Å². The molecule has 0 amide bonds. The number of benzene rings is 4. The van der Waals surface area contributed by atoms with Gasteiger partial charge in [-0.2, -0.15) is 0 Å². The third kappa shape index (κ3) is 5.49. The van der Waals surface area contributed by atoms with Gasteiger partial charge in [0.15, 0.2) is 0 Å². The summed E-state index contributed by atoms with van der Waals surface area (Å²) in [6.45, 7) is 9.27. The van der Waals surface area contributed by atoms with Crippen molar-refractivity contribution in [3.05, 3.63) is 107 Å². The molecule has 4 aromatic rings. The van der Waals surface area contributed by atoms with E-state index in [9.17, 15) is 0 Å². The first kappa shape index (κ1) is 27.4. The quantitative estimate of drug-likeness (QED) is 0.176. The molecular formula is C39H46. The molecule has 0 N–H and O–H groups in total. The summed E-state index contributed by atoms with van der Waals surface area (Å²) in [6.07, 6.45) is 12.1. The number of hydrogen-bond acceptors (Lipinski definition) is 0. The van der Waals surface area contributed by atoms with Gasteiger partial charge in [0.25, 0.3) is 0 Å². The summed E-state index contributed by atoms with van der Waals surface area (Å²) in [5.74, 6) is 0. The van der Waals surface area contributed by atoms with E-state index in [0.29, 0.717) is 0 Å². The van der Waals surface area contributed by atoms with Crippen LogP contribution in [0.1, 0.15) is 101 Å². The molecular weight excluding hydrogens is 468 g/mol. The van der Waals surface area contributed by atoms with Gasteiger partial charge in [0.05, 0.1) is 0 Å². The van der Waals surface area contributed by atoms with Crippen molar-refractivity contribution < 1.29 is 0 Å². The van der Waals surface area contributed by atoms with Crippen LogP contribution in [-0.2, 0) is 18.3 Å². The van der Waals surface area contributed by atoms with Gasteiger partial charge in [-0.25, -0.2) is 0 Å². The molecule has 0 saturated heterocycles. The molecule has 0 fully saturated rings. The summed E-state index contributed by atoms with van der Waals surface area (Å²) in [5, 5.41) is 0. The Morgan fingerprint density at radius 1 is 0.462 bits per heavy atom. The zero-order valence-corrected chi connectivity index (χ0v) is 24.7. The van der Waals surface area contributed by atoms with Crippen molar-refractivity contribution in [3.63, 3.8) is 0 Å². The van der Waals surface area contributed by atoms with Crippen LogP contribution < -0.4 is 0 Å². The largest absolute Gasteiger partial charge is 0.0654 e. The highest BCUT2D eigenvalue weighted by Gasteiger charge is 2.42. The summed E-state index contributed by atoms with van der Waals surface area (Å²) in [5.41, 5.74) is 14.4. The van der Waals surface area contributed by atoms with E-state index in [1.165, 1.54) is 109 Å². The van der Waals surface area contributed by atoms with Crippen molar-refractivity contribution in [2.45, 2.75) is 97.3 Å². The SMILES string of the molecule is CCCCc1cccc(-c2ccc3c(c2)C(CCC)(CCC)c2cc(-c4cccc(CCCC)c4)ccc2-3)c1. The third-order valence-electron chi connectivity index (χ3n) is 8.87. The second-order valence-corrected chi connectivity index (χ2v) is 11.7. The lowest BCUT2D eigenvalue weighted by Crippen LogP contribution is -2.25. The van der Waals surface area contributed by atoms with Gasteiger partial charge >= 0.3 is 0 Å². The maximum atomic E-state index is 2.55. The number of hydrogen-bond donors (Lipinski definition) is 0. The average molecular weight is 515 g/mol. The van der Waals surface area contributed by atoms with Crippen LogP contribution in [0.5, 0.6) is 0 Å². The highest BCUT2D eigenvalue weighted by molar-refractivity contribution is 5.86. The first-order valence-corrected chi connectivity index (χ1v) is 15.6. The molecule has 0 heteroatoms. The van der Waals surface area contributed by atoms with E-state index in [2.05, 4.69) is 113 Å². The van der Waals surface area contributed by atoms with Gasteiger partial charge in [0.1, 0.15) is 0 Å². The summed E-state index contributed by atoms with van der Waals surface area (Å²) in [7, 11) is 0. The van der Waals surface area contributed by atoms with Gasteiger partial charge < -0.3 is 0 Å². The first-order chi connectivity index (χ1) is 19.1. The minimum absolute atomic E-state index is 0.0832. The fourth-order valence-corrected chi connectivity index (χ4v) is 6.95. The molecule has 0 saturated carbocycles. The molecule has 5 rings (SSSR count). The molecule has 39 heavy (non-hydrogen) atoms. The molecule has 202 valence electrons. The molecule has 4 aromatic carbocycles. The van der Waals surface area contributed by atoms with E-state index in [1.807, 2.05) is 0 Å². The molecule has 1 aliphatic carbocycles. The van der Waals surface area contributed by atoms with Gasteiger partial charge in [0, 0.05) is 5.41 Å². The highest BCUT2D eigenvalue weighted by Crippen LogP contribution is 2.55. The van der Waals surface area contributed by atoms with Crippen molar-refractivity contribution in [2.75, 3.05) is 0 Å². The first-order valence-electron chi connectivity index (χ1n) is 15.6. The van der Waals surface area contributed by atoms with Crippen molar-refractivity contribution in [2.24, 2.45) is 0 Å². The van der Waals surface area contributed by atoms with Gasteiger partial charge in [-0.05, 0) is 106 Å². The van der Waals surface area contributed by atoms with E-state index < -0.39 is 0 Å². The lowest BCUT2D eigenvalue weighted by molar-refractivity contribution is 0.436. The Morgan fingerprint density at radius 3 is 1.31 bits per heavy atom. The average Bonchev–Trinajstić information content (AvgIpc) is 3.24. The van der Waals surface area contributed by atoms with Crippen molar-refractivity contribution in [3.8, 4) is 33.4 Å². The van der Waals surface area contributed by atoms with Gasteiger partial charge in [0.2, 0.25) is 0 Å². The Hall–Kier alpha value is -3.12. The summed E-state index contributed by atoms with van der Waals surface area (Å²) < 4.78 is 0. The fraction of sp³-hybridized carbons (Fsp3) is 0.385. The van der Waals surface area contributed by atoms with Crippen LogP contribution in [0.4, 0.5) is 0 Å². The number of fused-ring (bicyclic) bond motifs is 3. The van der Waals surface area contributed by atoms with Gasteiger partial charge in [-0.3, -0.25) is 0 Å². The number of unbranched alkanes of at least 4 members (excludes halogenated alkanes) is 2. The molecule has 0 aromatic heterocycles. The molecule has 0 atom stereocenters. The van der Waals surface area contributed by atoms with Gasteiger partial charge in [-0.1, -0.05) is 126 Å². The highest BCUT2D eigenvalue weighted by atomic mass is 14.4.